The molecule has 1 aromatic rings. The molecular formula is C18H27N3O2S. The minimum absolute atomic E-state index is 0.141. The summed E-state index contributed by atoms with van der Waals surface area (Å²) in [4.78, 5) is 15.5. The Morgan fingerprint density at radius 1 is 1.12 bits per heavy atom. The Morgan fingerprint density at radius 2 is 1.67 bits per heavy atom. The fraction of sp³-hybridized carbons (Fsp3) is 0.556. The third-order valence-electron chi connectivity index (χ3n) is 4.10. The molecule has 0 atom stereocenters. The topological polar surface area (TPSA) is 44.8 Å². The summed E-state index contributed by atoms with van der Waals surface area (Å²) in [5.74, 6) is 0. The third kappa shape index (κ3) is 4.84. The van der Waals surface area contributed by atoms with Crippen LogP contribution in [0.1, 0.15) is 33.3 Å². The van der Waals surface area contributed by atoms with E-state index in [1.807, 2.05) is 6.92 Å². The molecule has 24 heavy (non-hydrogen) atoms. The molecule has 0 aliphatic carbocycles. The lowest BCUT2D eigenvalue weighted by Crippen LogP contribution is -2.51. The third-order valence-corrected chi connectivity index (χ3v) is 4.46. The molecule has 1 N–H and O–H groups in total. The highest BCUT2D eigenvalue weighted by molar-refractivity contribution is 7.80. The van der Waals surface area contributed by atoms with Crippen LogP contribution in [0.5, 0.6) is 0 Å². The van der Waals surface area contributed by atoms with Gasteiger partial charge in [-0.15, -0.1) is 0 Å². The van der Waals surface area contributed by atoms with Crippen LogP contribution in [0.15, 0.2) is 24.3 Å². The van der Waals surface area contributed by atoms with Crippen molar-refractivity contribution in [3.8, 4) is 0 Å². The summed E-state index contributed by atoms with van der Waals surface area (Å²) in [6.07, 6.45) is -0.242. The number of carbonyl (C=O) groups excluding carboxylic acids is 1. The molecular weight excluding hydrogens is 322 g/mol. The quantitative estimate of drug-likeness (QED) is 0.829. The summed E-state index contributed by atoms with van der Waals surface area (Å²) in [6, 6.07) is 8.37. The van der Waals surface area contributed by atoms with Gasteiger partial charge in [-0.05, 0) is 42.3 Å². The van der Waals surface area contributed by atoms with Crippen molar-refractivity contribution in [2.45, 2.75) is 33.1 Å². The summed E-state index contributed by atoms with van der Waals surface area (Å²) in [5.41, 5.74) is 2.42. The second kappa shape index (κ2) is 7.83. The highest BCUT2D eigenvalue weighted by Crippen LogP contribution is 2.23. The zero-order chi connectivity index (χ0) is 17.7. The van der Waals surface area contributed by atoms with E-state index >= 15 is 0 Å². The number of benzene rings is 1. The van der Waals surface area contributed by atoms with Gasteiger partial charge in [0.2, 0.25) is 0 Å². The van der Waals surface area contributed by atoms with E-state index in [9.17, 15) is 4.79 Å². The van der Waals surface area contributed by atoms with Gasteiger partial charge < -0.3 is 19.9 Å². The summed E-state index contributed by atoms with van der Waals surface area (Å²) in [7, 11) is 0. The van der Waals surface area contributed by atoms with E-state index in [0.717, 1.165) is 5.69 Å². The second-order valence-electron chi connectivity index (χ2n) is 6.93. The maximum atomic E-state index is 11.7. The normalized spacial score (nSPS) is 15.2. The average molecular weight is 350 g/mol. The number of nitrogens with one attached hydrogen (secondary N) is 1. The lowest BCUT2D eigenvalue weighted by molar-refractivity contribution is 0.0923. The summed E-state index contributed by atoms with van der Waals surface area (Å²) < 4.78 is 5.03. The highest BCUT2D eigenvalue weighted by Gasteiger charge is 2.23. The highest BCUT2D eigenvalue weighted by atomic mass is 32.1. The van der Waals surface area contributed by atoms with E-state index in [0.29, 0.717) is 37.9 Å². The lowest BCUT2D eigenvalue weighted by atomic mass is 9.87. The smallest absolute Gasteiger partial charge is 0.409 e. The van der Waals surface area contributed by atoms with Crippen LogP contribution in [0.2, 0.25) is 0 Å². The van der Waals surface area contributed by atoms with Crippen molar-refractivity contribution in [2.75, 3.05) is 38.1 Å². The van der Waals surface area contributed by atoms with Crippen LogP contribution in [-0.4, -0.2) is 53.8 Å². The number of thiocarbonyl (C=S) groups is 1. The van der Waals surface area contributed by atoms with E-state index in [1.54, 1.807) is 4.90 Å². The average Bonchev–Trinajstić information content (AvgIpc) is 2.55. The Balaban J connectivity index is 1.86. The SMILES string of the molecule is CCOC(=O)N1CCN(C(=S)Nc2ccc(C(C)(C)C)cc2)CC1. The molecule has 2 rings (SSSR count). The molecule has 132 valence electrons. The molecule has 6 heteroatoms. The number of ether oxygens (including phenoxy) is 1. The Labute approximate surface area is 150 Å². The zero-order valence-electron chi connectivity index (χ0n) is 15.0. The van der Waals surface area contributed by atoms with Gasteiger partial charge >= 0.3 is 6.09 Å². The van der Waals surface area contributed by atoms with Gasteiger partial charge in [0, 0.05) is 31.9 Å². The molecule has 1 aliphatic heterocycles. The summed E-state index contributed by atoms with van der Waals surface area (Å²) >= 11 is 5.50. The van der Waals surface area contributed by atoms with Gasteiger partial charge in [0.05, 0.1) is 6.61 Å². The summed E-state index contributed by atoms with van der Waals surface area (Å²) in [6.45, 7) is 11.5. The molecule has 0 saturated carbocycles. The van der Waals surface area contributed by atoms with Gasteiger partial charge in [-0.3, -0.25) is 0 Å². The molecule has 1 aliphatic rings. The minimum Gasteiger partial charge on any atom is -0.450 e. The Bertz CT molecular complexity index is 573. The predicted octanol–water partition coefficient (Wildman–Crippen LogP) is 3.46. The van der Waals surface area contributed by atoms with Gasteiger partial charge in [-0.1, -0.05) is 32.9 Å². The van der Waals surface area contributed by atoms with Crippen LogP contribution in [0.3, 0.4) is 0 Å². The van der Waals surface area contributed by atoms with Crippen molar-refractivity contribution >= 4 is 29.1 Å². The number of hydrogen-bond acceptors (Lipinski definition) is 3. The minimum atomic E-state index is -0.242. The van der Waals surface area contributed by atoms with Gasteiger partial charge in [0.25, 0.3) is 0 Å². The number of piperazine rings is 1. The first-order valence-electron chi connectivity index (χ1n) is 8.39. The number of carbonyl (C=O) groups is 1. The fourth-order valence-corrected chi connectivity index (χ4v) is 2.86. The van der Waals surface area contributed by atoms with Crippen molar-refractivity contribution < 1.29 is 9.53 Å². The van der Waals surface area contributed by atoms with E-state index < -0.39 is 0 Å². The maximum Gasteiger partial charge on any atom is 0.409 e. The molecule has 0 aromatic heterocycles. The fourth-order valence-electron chi connectivity index (χ4n) is 2.56. The molecule has 1 heterocycles. The molecule has 0 unspecified atom stereocenters. The van der Waals surface area contributed by atoms with E-state index in [-0.39, 0.29) is 11.5 Å². The zero-order valence-corrected chi connectivity index (χ0v) is 15.8. The second-order valence-corrected chi connectivity index (χ2v) is 7.32. The van der Waals surface area contributed by atoms with Gasteiger partial charge in [-0.2, -0.15) is 0 Å². The molecule has 0 bridgehead atoms. The first kappa shape index (κ1) is 18.5. The number of rotatable bonds is 2. The molecule has 0 spiro atoms. The van der Waals surface area contributed by atoms with Crippen molar-refractivity contribution in [1.82, 2.24) is 9.80 Å². The lowest BCUT2D eigenvalue weighted by Gasteiger charge is -2.35. The maximum absolute atomic E-state index is 11.7. The van der Waals surface area contributed by atoms with Crippen LogP contribution >= 0.6 is 12.2 Å². The van der Waals surface area contributed by atoms with E-state index in [4.69, 9.17) is 17.0 Å². The number of anilines is 1. The largest absolute Gasteiger partial charge is 0.450 e. The molecule has 1 amide bonds. The van der Waals surface area contributed by atoms with Gasteiger partial charge in [0.1, 0.15) is 0 Å². The van der Waals surface area contributed by atoms with E-state index in [1.165, 1.54) is 5.56 Å². The van der Waals surface area contributed by atoms with Crippen LogP contribution in [-0.2, 0) is 10.2 Å². The Kier molecular flexibility index (Phi) is 6.04. The van der Waals surface area contributed by atoms with Crippen molar-refractivity contribution in [1.29, 1.82) is 0 Å². The van der Waals surface area contributed by atoms with Crippen LogP contribution in [0.4, 0.5) is 10.5 Å². The predicted molar refractivity (Wildman–Crippen MR) is 102 cm³/mol. The number of nitrogens with zero attached hydrogens (tertiary/aromatic N) is 2. The first-order chi connectivity index (χ1) is 11.3. The van der Waals surface area contributed by atoms with Gasteiger partial charge in [0.15, 0.2) is 5.11 Å². The molecule has 0 radical (unpaired) electrons. The molecule has 1 saturated heterocycles. The molecule has 1 aromatic carbocycles. The van der Waals surface area contributed by atoms with Crippen LogP contribution in [0.25, 0.3) is 0 Å². The van der Waals surface area contributed by atoms with Crippen LogP contribution < -0.4 is 5.32 Å². The molecule has 1 fully saturated rings. The standard InChI is InChI=1S/C18H27N3O2S/c1-5-23-17(22)21-12-10-20(11-13-21)16(24)19-15-8-6-14(7-9-15)18(2,3)4/h6-9H,5,10-13H2,1-4H3,(H,19,24). The van der Waals surface area contributed by atoms with Crippen LogP contribution in [0, 0.1) is 0 Å². The van der Waals surface area contributed by atoms with Crippen molar-refractivity contribution in [3.05, 3.63) is 29.8 Å². The molecule has 5 nitrogen and oxygen atoms in total. The monoisotopic (exact) mass is 349 g/mol. The van der Waals surface area contributed by atoms with Crippen molar-refractivity contribution in [2.24, 2.45) is 0 Å². The number of hydrogen-bond donors (Lipinski definition) is 1. The Hall–Kier alpha value is -1.82. The first-order valence-corrected chi connectivity index (χ1v) is 8.80. The Morgan fingerprint density at radius 3 is 2.17 bits per heavy atom. The number of amides is 1. The summed E-state index contributed by atoms with van der Waals surface area (Å²) in [5, 5.41) is 3.98. The van der Waals surface area contributed by atoms with E-state index in [2.05, 4.69) is 55.3 Å². The van der Waals surface area contributed by atoms with Gasteiger partial charge in [-0.25, -0.2) is 4.79 Å². The van der Waals surface area contributed by atoms with Crippen molar-refractivity contribution in [3.63, 3.8) is 0 Å².